The Labute approximate surface area is 208 Å². The van der Waals surface area contributed by atoms with Crippen molar-refractivity contribution in [2.75, 3.05) is 14.2 Å². The first-order valence-electron chi connectivity index (χ1n) is 11.0. The Morgan fingerprint density at radius 2 is 1.06 bits per heavy atom. The standard InChI is InChI=1S/C28H24Cl2O4/c1-33-27-19(11-13-23(29)31)15-17-7-3-5-9-21(17)25(27)26-22-10-6-4-8-18(22)16-20(28(26)34-2)12-14-24(30)32/h3-10,15-16H,11-14H2,1-2H3. The molecule has 34 heavy (non-hydrogen) atoms. The fourth-order valence-electron chi connectivity index (χ4n) is 4.57. The molecule has 6 heteroatoms. The molecule has 4 aromatic rings. The summed E-state index contributed by atoms with van der Waals surface area (Å²) in [7, 11) is 3.26. The normalized spacial score (nSPS) is 11.1. The van der Waals surface area contributed by atoms with Gasteiger partial charge < -0.3 is 9.47 Å². The Bertz CT molecular complexity index is 1290. The van der Waals surface area contributed by atoms with E-state index in [0.717, 1.165) is 43.8 Å². The molecule has 0 fully saturated rings. The molecule has 0 aromatic heterocycles. The van der Waals surface area contributed by atoms with Crippen LogP contribution in [0, 0.1) is 0 Å². The maximum absolute atomic E-state index is 11.5. The van der Waals surface area contributed by atoms with Crippen LogP contribution in [-0.2, 0) is 22.4 Å². The Kier molecular flexibility index (Phi) is 7.40. The number of carbonyl (C=O) groups is 2. The molecule has 0 unspecified atom stereocenters. The van der Waals surface area contributed by atoms with E-state index >= 15 is 0 Å². The van der Waals surface area contributed by atoms with Crippen LogP contribution >= 0.6 is 23.2 Å². The Morgan fingerprint density at radius 3 is 1.41 bits per heavy atom. The van der Waals surface area contributed by atoms with Gasteiger partial charge in [0, 0.05) is 24.0 Å². The Balaban J connectivity index is 2.12. The predicted octanol–water partition coefficient (Wildman–Crippen LogP) is 7.07. The molecule has 0 aliphatic heterocycles. The average molecular weight is 495 g/mol. The molecule has 4 aromatic carbocycles. The van der Waals surface area contributed by atoms with Gasteiger partial charge in [-0.3, -0.25) is 9.59 Å². The van der Waals surface area contributed by atoms with Crippen LogP contribution in [0.2, 0.25) is 0 Å². The zero-order chi connectivity index (χ0) is 24.2. The van der Waals surface area contributed by atoms with Gasteiger partial charge in [0.05, 0.1) is 14.2 Å². The van der Waals surface area contributed by atoms with Crippen LogP contribution in [0.5, 0.6) is 11.5 Å². The van der Waals surface area contributed by atoms with Gasteiger partial charge in [-0.15, -0.1) is 0 Å². The zero-order valence-corrected chi connectivity index (χ0v) is 20.5. The fourth-order valence-corrected chi connectivity index (χ4v) is 4.76. The molecular formula is C28H24Cl2O4. The summed E-state index contributed by atoms with van der Waals surface area (Å²) >= 11 is 11.3. The lowest BCUT2D eigenvalue weighted by Crippen LogP contribution is -2.03. The highest BCUT2D eigenvalue weighted by Gasteiger charge is 2.23. The SMILES string of the molecule is COc1c(CCC(=O)Cl)cc2ccccc2c1-c1c(OC)c(CCC(=O)Cl)cc2ccccc12. The molecule has 4 rings (SSSR count). The van der Waals surface area contributed by atoms with E-state index in [2.05, 4.69) is 0 Å². The molecular weight excluding hydrogens is 471 g/mol. The average Bonchev–Trinajstić information content (AvgIpc) is 2.84. The molecule has 0 bridgehead atoms. The molecule has 0 atom stereocenters. The second-order valence-electron chi connectivity index (χ2n) is 8.04. The van der Waals surface area contributed by atoms with Gasteiger partial charge in [-0.1, -0.05) is 48.5 Å². The Morgan fingerprint density at radius 1 is 0.676 bits per heavy atom. The molecule has 0 spiro atoms. The van der Waals surface area contributed by atoms with Crippen molar-refractivity contribution < 1.29 is 19.1 Å². The van der Waals surface area contributed by atoms with E-state index in [4.69, 9.17) is 32.7 Å². The third-order valence-corrected chi connectivity index (χ3v) is 6.38. The van der Waals surface area contributed by atoms with Crippen LogP contribution in [0.15, 0.2) is 60.7 Å². The maximum Gasteiger partial charge on any atom is 0.221 e. The molecule has 174 valence electrons. The van der Waals surface area contributed by atoms with E-state index in [0.29, 0.717) is 24.3 Å². The van der Waals surface area contributed by atoms with Crippen LogP contribution < -0.4 is 9.47 Å². The highest BCUT2D eigenvalue weighted by molar-refractivity contribution is 6.63. The number of benzene rings is 4. The predicted molar refractivity (Wildman–Crippen MR) is 138 cm³/mol. The summed E-state index contributed by atoms with van der Waals surface area (Å²) in [5.41, 5.74) is 3.53. The quantitative estimate of drug-likeness (QED) is 0.233. The summed E-state index contributed by atoms with van der Waals surface area (Å²) in [6.45, 7) is 0. The van der Waals surface area contributed by atoms with E-state index in [1.165, 1.54) is 0 Å². The number of hydrogen-bond donors (Lipinski definition) is 0. The molecule has 0 radical (unpaired) electrons. The first-order chi connectivity index (χ1) is 16.4. The minimum Gasteiger partial charge on any atom is -0.496 e. The molecule has 0 amide bonds. The molecule has 0 saturated heterocycles. The second-order valence-corrected chi connectivity index (χ2v) is 8.88. The van der Waals surface area contributed by atoms with E-state index in [1.807, 2.05) is 60.7 Å². The summed E-state index contributed by atoms with van der Waals surface area (Å²) in [6.07, 6.45) is 1.30. The van der Waals surface area contributed by atoms with E-state index in [-0.39, 0.29) is 12.8 Å². The number of rotatable bonds is 9. The molecule has 0 saturated carbocycles. The van der Waals surface area contributed by atoms with E-state index < -0.39 is 10.5 Å². The third-order valence-electron chi connectivity index (χ3n) is 6.00. The molecule has 0 aliphatic carbocycles. The van der Waals surface area contributed by atoms with Crippen LogP contribution in [0.1, 0.15) is 24.0 Å². The summed E-state index contributed by atoms with van der Waals surface area (Å²) in [5.74, 6) is 1.34. The van der Waals surface area contributed by atoms with Crippen molar-refractivity contribution in [3.8, 4) is 22.6 Å². The first-order valence-corrected chi connectivity index (χ1v) is 11.7. The number of carbonyl (C=O) groups excluding carboxylic acids is 2. The summed E-state index contributed by atoms with van der Waals surface area (Å²) in [5, 5.41) is 3.23. The fraction of sp³-hybridized carbons (Fsp3) is 0.214. The van der Waals surface area contributed by atoms with Gasteiger partial charge in [0.1, 0.15) is 11.5 Å². The highest BCUT2D eigenvalue weighted by Crippen LogP contribution is 2.48. The van der Waals surface area contributed by atoms with Crippen molar-refractivity contribution in [1.82, 2.24) is 0 Å². The van der Waals surface area contributed by atoms with Crippen LogP contribution in [-0.4, -0.2) is 24.7 Å². The molecule has 0 N–H and O–H groups in total. The van der Waals surface area contributed by atoms with Gasteiger partial charge in [-0.2, -0.15) is 0 Å². The monoisotopic (exact) mass is 494 g/mol. The lowest BCUT2D eigenvalue weighted by molar-refractivity contribution is -0.112. The molecule has 4 nitrogen and oxygen atoms in total. The van der Waals surface area contributed by atoms with Crippen molar-refractivity contribution in [2.45, 2.75) is 25.7 Å². The first kappa shape index (κ1) is 24.1. The van der Waals surface area contributed by atoms with Crippen molar-refractivity contribution >= 4 is 55.2 Å². The smallest absolute Gasteiger partial charge is 0.221 e. The zero-order valence-electron chi connectivity index (χ0n) is 19.0. The van der Waals surface area contributed by atoms with Gasteiger partial charge in [-0.25, -0.2) is 0 Å². The van der Waals surface area contributed by atoms with Gasteiger partial charge >= 0.3 is 0 Å². The minimum absolute atomic E-state index is 0.200. The van der Waals surface area contributed by atoms with Gasteiger partial charge in [-0.05, 0) is 80.8 Å². The van der Waals surface area contributed by atoms with Crippen molar-refractivity contribution in [2.24, 2.45) is 0 Å². The van der Waals surface area contributed by atoms with Crippen LogP contribution in [0.3, 0.4) is 0 Å². The topological polar surface area (TPSA) is 52.6 Å². The number of methoxy groups -OCH3 is 2. The lowest BCUT2D eigenvalue weighted by Gasteiger charge is -2.22. The van der Waals surface area contributed by atoms with Crippen molar-refractivity contribution in [3.63, 3.8) is 0 Å². The van der Waals surface area contributed by atoms with Gasteiger partial charge in [0.2, 0.25) is 10.5 Å². The molecule has 0 heterocycles. The number of fused-ring (bicyclic) bond motifs is 2. The number of aryl methyl sites for hydroxylation is 2. The number of hydrogen-bond acceptors (Lipinski definition) is 4. The van der Waals surface area contributed by atoms with Gasteiger partial charge in [0.25, 0.3) is 0 Å². The maximum atomic E-state index is 11.5. The van der Waals surface area contributed by atoms with E-state index in [9.17, 15) is 9.59 Å². The number of halogens is 2. The highest BCUT2D eigenvalue weighted by atomic mass is 35.5. The largest absolute Gasteiger partial charge is 0.496 e. The molecule has 0 aliphatic rings. The second kappa shape index (κ2) is 10.5. The minimum atomic E-state index is -0.396. The van der Waals surface area contributed by atoms with Crippen LogP contribution in [0.25, 0.3) is 32.7 Å². The van der Waals surface area contributed by atoms with Crippen molar-refractivity contribution in [3.05, 3.63) is 71.8 Å². The summed E-state index contributed by atoms with van der Waals surface area (Å²) < 4.78 is 11.9. The van der Waals surface area contributed by atoms with Gasteiger partial charge in [0.15, 0.2) is 0 Å². The summed E-state index contributed by atoms with van der Waals surface area (Å²) in [6, 6.07) is 20.2. The third kappa shape index (κ3) is 4.75. The summed E-state index contributed by atoms with van der Waals surface area (Å²) in [4.78, 5) is 23.1. The number of ether oxygens (including phenoxy) is 2. The van der Waals surface area contributed by atoms with Crippen molar-refractivity contribution in [1.29, 1.82) is 0 Å². The lowest BCUT2D eigenvalue weighted by atomic mass is 9.87. The van der Waals surface area contributed by atoms with E-state index in [1.54, 1.807) is 14.2 Å². The van der Waals surface area contributed by atoms with Crippen LogP contribution in [0.4, 0.5) is 0 Å². The Hall–Kier alpha value is -3.08.